The minimum absolute atomic E-state index is 0.126. The molecule has 0 saturated carbocycles. The van der Waals surface area contributed by atoms with Crippen LogP contribution in [-0.2, 0) is 0 Å². The van der Waals surface area contributed by atoms with Gasteiger partial charge in [0.15, 0.2) is 17.5 Å². The summed E-state index contributed by atoms with van der Waals surface area (Å²) in [6.07, 6.45) is 0. The first-order valence-corrected chi connectivity index (χ1v) is 5.57. The molecule has 104 valence electrons. The number of pyridine rings is 1. The van der Waals surface area contributed by atoms with Gasteiger partial charge in [0.05, 0.1) is 5.69 Å². The monoisotopic (exact) mass is 281 g/mol. The fourth-order valence-corrected chi connectivity index (χ4v) is 1.64. The van der Waals surface area contributed by atoms with Crippen LogP contribution < -0.4 is 11.1 Å². The first kappa shape index (κ1) is 13.9. The maximum absolute atomic E-state index is 13.4. The molecule has 0 aliphatic heterocycles. The van der Waals surface area contributed by atoms with Crippen molar-refractivity contribution in [3.63, 3.8) is 0 Å². The third-order valence-corrected chi connectivity index (χ3v) is 2.52. The molecule has 0 radical (unpaired) electrons. The molecule has 20 heavy (non-hydrogen) atoms. The maximum atomic E-state index is 13.4. The molecule has 0 unspecified atom stereocenters. The minimum Gasteiger partial charge on any atom is -0.384 e. The largest absolute Gasteiger partial charge is 0.384 e. The Balaban J connectivity index is 2.30. The molecular weight excluding hydrogens is 271 g/mol. The molecule has 2 aromatic rings. The molecule has 1 heterocycles. The van der Waals surface area contributed by atoms with Gasteiger partial charge in [-0.3, -0.25) is 4.79 Å². The van der Waals surface area contributed by atoms with E-state index in [1.807, 2.05) is 0 Å². The third kappa shape index (κ3) is 2.71. The molecular formula is C13H10F3N3O. The van der Waals surface area contributed by atoms with Gasteiger partial charge in [0.25, 0.3) is 5.91 Å². The Labute approximate surface area is 112 Å². The third-order valence-electron chi connectivity index (χ3n) is 2.52. The lowest BCUT2D eigenvalue weighted by molar-refractivity contribution is 0.102. The number of nitrogens with zero attached hydrogens (tertiary/aromatic N) is 1. The highest BCUT2D eigenvalue weighted by Crippen LogP contribution is 2.20. The van der Waals surface area contributed by atoms with Crippen molar-refractivity contribution in [3.05, 3.63) is 53.0 Å². The number of aromatic nitrogens is 1. The highest BCUT2D eigenvalue weighted by Gasteiger charge is 2.16. The number of carbonyl (C=O) groups is 1. The van der Waals surface area contributed by atoms with E-state index in [1.165, 1.54) is 12.1 Å². The number of hydrogen-bond acceptors (Lipinski definition) is 3. The predicted octanol–water partition coefficient (Wildman–Crippen LogP) is 2.64. The summed E-state index contributed by atoms with van der Waals surface area (Å²) in [6, 6.07) is 4.38. The molecule has 0 saturated heterocycles. The van der Waals surface area contributed by atoms with Crippen molar-refractivity contribution >= 4 is 17.4 Å². The van der Waals surface area contributed by atoms with E-state index in [0.29, 0.717) is 5.69 Å². The van der Waals surface area contributed by atoms with Crippen LogP contribution in [0.15, 0.2) is 24.3 Å². The smallest absolute Gasteiger partial charge is 0.255 e. The van der Waals surface area contributed by atoms with E-state index >= 15 is 0 Å². The van der Waals surface area contributed by atoms with Gasteiger partial charge in [-0.15, -0.1) is 0 Å². The van der Waals surface area contributed by atoms with E-state index in [-0.39, 0.29) is 11.4 Å². The highest BCUT2D eigenvalue weighted by atomic mass is 19.2. The van der Waals surface area contributed by atoms with Crippen LogP contribution in [0.5, 0.6) is 0 Å². The van der Waals surface area contributed by atoms with Crippen LogP contribution in [0.3, 0.4) is 0 Å². The van der Waals surface area contributed by atoms with Crippen molar-refractivity contribution in [1.29, 1.82) is 0 Å². The van der Waals surface area contributed by atoms with Crippen molar-refractivity contribution in [3.8, 4) is 0 Å². The van der Waals surface area contributed by atoms with Crippen LogP contribution >= 0.6 is 0 Å². The van der Waals surface area contributed by atoms with Crippen LogP contribution in [0.2, 0.25) is 0 Å². The zero-order valence-electron chi connectivity index (χ0n) is 10.4. The Morgan fingerprint density at radius 2 is 1.90 bits per heavy atom. The number of hydrogen-bond donors (Lipinski definition) is 2. The first-order chi connectivity index (χ1) is 9.38. The second-order valence-corrected chi connectivity index (χ2v) is 4.10. The molecule has 0 atom stereocenters. The van der Waals surface area contributed by atoms with Gasteiger partial charge in [-0.2, -0.15) is 0 Å². The normalized spacial score (nSPS) is 10.4. The zero-order chi connectivity index (χ0) is 14.9. The molecule has 0 fully saturated rings. The van der Waals surface area contributed by atoms with Crippen molar-refractivity contribution < 1.29 is 18.0 Å². The first-order valence-electron chi connectivity index (χ1n) is 5.57. The summed E-state index contributed by atoms with van der Waals surface area (Å²) in [6.45, 7) is 1.63. The Bertz CT molecular complexity index is 669. The Hall–Kier alpha value is -2.57. The molecule has 1 aromatic heterocycles. The van der Waals surface area contributed by atoms with E-state index in [2.05, 4.69) is 10.3 Å². The predicted molar refractivity (Wildman–Crippen MR) is 67.7 cm³/mol. The number of nitrogen functional groups attached to an aromatic ring is 1. The summed E-state index contributed by atoms with van der Waals surface area (Å²) in [5, 5.41) is 2.15. The number of anilines is 2. The van der Waals surface area contributed by atoms with Crippen LogP contribution in [0.25, 0.3) is 0 Å². The number of amides is 1. The van der Waals surface area contributed by atoms with Gasteiger partial charge in [0.1, 0.15) is 5.82 Å². The zero-order valence-corrected chi connectivity index (χ0v) is 10.4. The summed E-state index contributed by atoms with van der Waals surface area (Å²) in [4.78, 5) is 15.8. The number of halogens is 3. The van der Waals surface area contributed by atoms with Crippen molar-refractivity contribution in [1.82, 2.24) is 4.98 Å². The Morgan fingerprint density at radius 3 is 2.55 bits per heavy atom. The van der Waals surface area contributed by atoms with Gasteiger partial charge in [0.2, 0.25) is 0 Å². The number of aryl methyl sites for hydroxylation is 1. The van der Waals surface area contributed by atoms with E-state index in [9.17, 15) is 18.0 Å². The lowest BCUT2D eigenvalue weighted by Gasteiger charge is -2.08. The summed E-state index contributed by atoms with van der Waals surface area (Å²) in [5.41, 5.74) is 5.67. The molecule has 0 aliphatic rings. The molecule has 7 heteroatoms. The number of rotatable bonds is 2. The van der Waals surface area contributed by atoms with Crippen LogP contribution in [0.1, 0.15) is 16.1 Å². The van der Waals surface area contributed by atoms with Gasteiger partial charge in [-0.25, -0.2) is 18.2 Å². The molecule has 1 amide bonds. The second kappa shape index (κ2) is 5.20. The molecule has 0 aliphatic carbocycles. The second-order valence-electron chi connectivity index (χ2n) is 4.10. The van der Waals surface area contributed by atoms with E-state index < -0.39 is 29.0 Å². The summed E-state index contributed by atoms with van der Waals surface area (Å²) in [5.74, 6) is -5.01. The molecule has 2 rings (SSSR count). The van der Waals surface area contributed by atoms with Gasteiger partial charge >= 0.3 is 0 Å². The summed E-state index contributed by atoms with van der Waals surface area (Å²) >= 11 is 0. The van der Waals surface area contributed by atoms with E-state index in [1.54, 1.807) is 6.92 Å². The average Bonchev–Trinajstić information content (AvgIpc) is 2.38. The SMILES string of the molecule is Cc1cc(C(=O)Nc2ccc(F)c(F)c2F)cc(N)n1. The van der Waals surface area contributed by atoms with Gasteiger partial charge in [-0.05, 0) is 31.2 Å². The van der Waals surface area contributed by atoms with Crippen LogP contribution in [-0.4, -0.2) is 10.9 Å². The Morgan fingerprint density at radius 1 is 1.20 bits per heavy atom. The van der Waals surface area contributed by atoms with E-state index in [0.717, 1.165) is 12.1 Å². The molecule has 1 aromatic carbocycles. The minimum atomic E-state index is -1.65. The maximum Gasteiger partial charge on any atom is 0.255 e. The molecule has 3 N–H and O–H groups in total. The quantitative estimate of drug-likeness (QED) is 0.831. The Kier molecular flexibility index (Phi) is 3.60. The molecule has 4 nitrogen and oxygen atoms in total. The number of benzene rings is 1. The molecule has 0 spiro atoms. The fraction of sp³-hybridized carbons (Fsp3) is 0.0769. The standard InChI is InChI=1S/C13H10F3N3O/c1-6-4-7(5-10(17)18-6)13(20)19-9-3-2-8(14)11(15)12(9)16/h2-5H,1H3,(H2,17,18)(H,19,20). The number of carbonyl (C=O) groups excluding carboxylic acids is 1. The fourth-order valence-electron chi connectivity index (χ4n) is 1.64. The van der Waals surface area contributed by atoms with E-state index in [4.69, 9.17) is 5.73 Å². The van der Waals surface area contributed by atoms with Gasteiger partial charge in [0, 0.05) is 11.3 Å². The topological polar surface area (TPSA) is 68.0 Å². The van der Waals surface area contributed by atoms with Crippen molar-refractivity contribution in [2.24, 2.45) is 0 Å². The summed E-state index contributed by atoms with van der Waals surface area (Å²) in [7, 11) is 0. The average molecular weight is 281 g/mol. The van der Waals surface area contributed by atoms with Gasteiger partial charge < -0.3 is 11.1 Å². The number of nitrogens with one attached hydrogen (secondary N) is 1. The lowest BCUT2D eigenvalue weighted by Crippen LogP contribution is -2.15. The highest BCUT2D eigenvalue weighted by molar-refractivity contribution is 6.04. The van der Waals surface area contributed by atoms with Gasteiger partial charge in [-0.1, -0.05) is 0 Å². The lowest BCUT2D eigenvalue weighted by atomic mass is 10.2. The van der Waals surface area contributed by atoms with Crippen molar-refractivity contribution in [2.75, 3.05) is 11.1 Å². The van der Waals surface area contributed by atoms with Crippen LogP contribution in [0, 0.1) is 24.4 Å². The number of nitrogens with two attached hydrogens (primary N) is 1. The van der Waals surface area contributed by atoms with Crippen LogP contribution in [0.4, 0.5) is 24.7 Å². The molecule has 0 bridgehead atoms. The van der Waals surface area contributed by atoms with Crippen molar-refractivity contribution in [2.45, 2.75) is 6.92 Å². The summed E-state index contributed by atoms with van der Waals surface area (Å²) < 4.78 is 39.2.